The van der Waals surface area contributed by atoms with E-state index in [1.54, 1.807) is 0 Å². The molecule has 5 heteroatoms. The second-order valence-electron chi connectivity index (χ2n) is 3.26. The Morgan fingerprint density at radius 3 is 2.92 bits per heavy atom. The van der Waals surface area contributed by atoms with E-state index < -0.39 is 7.82 Å². The van der Waals surface area contributed by atoms with Crippen molar-refractivity contribution in [3.05, 3.63) is 12.2 Å². The maximum atomic E-state index is 10.4. The summed E-state index contributed by atoms with van der Waals surface area (Å²) in [4.78, 5) is 17.0. The third kappa shape index (κ3) is 5.21. The van der Waals surface area contributed by atoms with Gasteiger partial charge in [0.1, 0.15) is 0 Å². The van der Waals surface area contributed by atoms with Gasteiger partial charge in [-0.3, -0.25) is 4.52 Å². The molecule has 1 aliphatic carbocycles. The van der Waals surface area contributed by atoms with Crippen LogP contribution in [0.5, 0.6) is 0 Å². The van der Waals surface area contributed by atoms with Gasteiger partial charge in [0.05, 0.1) is 6.61 Å². The molecule has 0 bridgehead atoms. The first kappa shape index (κ1) is 10.9. The first-order valence-corrected chi connectivity index (χ1v) is 5.98. The monoisotopic (exact) mass is 206 g/mol. The third-order valence-electron chi connectivity index (χ3n) is 2.06. The summed E-state index contributed by atoms with van der Waals surface area (Å²) in [6.45, 7) is 0.126. The molecule has 0 aromatic carbocycles. The van der Waals surface area contributed by atoms with Crippen LogP contribution in [0.4, 0.5) is 0 Å². The largest absolute Gasteiger partial charge is 0.469 e. The standard InChI is InChI=1S/C8H15O4P/c9-13(10,11)12-7-8-5-3-1-2-4-6-8/h3,5,8H,1-2,4,6-7H2,(H2,9,10,11). The quantitative estimate of drug-likeness (QED) is 0.546. The van der Waals surface area contributed by atoms with E-state index in [0.29, 0.717) is 0 Å². The number of rotatable bonds is 3. The Hall–Kier alpha value is -0.150. The highest BCUT2D eigenvalue weighted by molar-refractivity contribution is 7.46. The van der Waals surface area contributed by atoms with Gasteiger partial charge in [0.2, 0.25) is 0 Å². The van der Waals surface area contributed by atoms with E-state index in [1.807, 2.05) is 6.08 Å². The van der Waals surface area contributed by atoms with Gasteiger partial charge < -0.3 is 9.79 Å². The van der Waals surface area contributed by atoms with Crippen molar-refractivity contribution in [2.75, 3.05) is 6.61 Å². The molecule has 0 amide bonds. The molecule has 0 heterocycles. The van der Waals surface area contributed by atoms with E-state index in [-0.39, 0.29) is 12.5 Å². The predicted molar refractivity (Wildman–Crippen MR) is 49.1 cm³/mol. The lowest BCUT2D eigenvalue weighted by Crippen LogP contribution is -2.05. The fourth-order valence-corrected chi connectivity index (χ4v) is 1.77. The fourth-order valence-electron chi connectivity index (χ4n) is 1.39. The van der Waals surface area contributed by atoms with Gasteiger partial charge in [-0.2, -0.15) is 0 Å². The minimum Gasteiger partial charge on any atom is -0.303 e. The van der Waals surface area contributed by atoms with Gasteiger partial charge in [-0.1, -0.05) is 18.6 Å². The van der Waals surface area contributed by atoms with Crippen molar-refractivity contribution < 1.29 is 18.9 Å². The van der Waals surface area contributed by atoms with E-state index in [9.17, 15) is 4.57 Å². The fraction of sp³-hybridized carbons (Fsp3) is 0.750. The summed E-state index contributed by atoms with van der Waals surface area (Å²) in [7, 11) is -4.28. The van der Waals surface area contributed by atoms with Crippen LogP contribution < -0.4 is 0 Å². The zero-order chi connectivity index (χ0) is 9.73. The van der Waals surface area contributed by atoms with Crippen LogP contribution in [0.2, 0.25) is 0 Å². The molecule has 0 spiro atoms. The van der Waals surface area contributed by atoms with Crippen LogP contribution in [-0.4, -0.2) is 16.4 Å². The highest BCUT2D eigenvalue weighted by atomic mass is 31.2. The van der Waals surface area contributed by atoms with Gasteiger partial charge in [-0.15, -0.1) is 0 Å². The number of phosphoric acid groups is 1. The molecule has 4 nitrogen and oxygen atoms in total. The molecule has 1 unspecified atom stereocenters. The molecular weight excluding hydrogens is 191 g/mol. The van der Waals surface area contributed by atoms with Crippen molar-refractivity contribution in [2.24, 2.45) is 5.92 Å². The van der Waals surface area contributed by atoms with Crippen molar-refractivity contribution in [3.63, 3.8) is 0 Å². The van der Waals surface area contributed by atoms with E-state index in [1.165, 1.54) is 0 Å². The zero-order valence-corrected chi connectivity index (χ0v) is 8.32. The Kier molecular flexibility index (Phi) is 4.13. The van der Waals surface area contributed by atoms with Gasteiger partial charge in [0.15, 0.2) is 0 Å². The summed E-state index contributed by atoms with van der Waals surface area (Å²) >= 11 is 0. The van der Waals surface area contributed by atoms with E-state index in [0.717, 1.165) is 25.7 Å². The molecule has 0 saturated heterocycles. The van der Waals surface area contributed by atoms with Crippen LogP contribution in [0.3, 0.4) is 0 Å². The summed E-state index contributed by atoms with van der Waals surface area (Å²) in [6.07, 6.45) is 8.32. The molecular formula is C8H15O4P. The second kappa shape index (κ2) is 4.91. The van der Waals surface area contributed by atoms with Crippen LogP contribution in [0.15, 0.2) is 12.2 Å². The molecule has 0 saturated carbocycles. The Balaban J connectivity index is 2.31. The molecule has 0 aliphatic heterocycles. The van der Waals surface area contributed by atoms with Crippen molar-refractivity contribution >= 4 is 7.82 Å². The maximum absolute atomic E-state index is 10.4. The Bertz CT molecular complexity index is 220. The van der Waals surface area contributed by atoms with Crippen molar-refractivity contribution in [2.45, 2.75) is 25.7 Å². The van der Waals surface area contributed by atoms with E-state index in [2.05, 4.69) is 10.6 Å². The summed E-state index contributed by atoms with van der Waals surface area (Å²) in [5.41, 5.74) is 0. The van der Waals surface area contributed by atoms with Gasteiger partial charge >= 0.3 is 7.82 Å². The highest BCUT2D eigenvalue weighted by Gasteiger charge is 2.17. The maximum Gasteiger partial charge on any atom is 0.469 e. The van der Waals surface area contributed by atoms with Crippen molar-refractivity contribution in [1.29, 1.82) is 0 Å². The van der Waals surface area contributed by atoms with Crippen LogP contribution in [0, 0.1) is 5.92 Å². The second-order valence-corrected chi connectivity index (χ2v) is 4.50. The molecule has 13 heavy (non-hydrogen) atoms. The van der Waals surface area contributed by atoms with Gasteiger partial charge in [0, 0.05) is 5.92 Å². The minimum atomic E-state index is -4.28. The normalized spacial score (nSPS) is 24.3. The SMILES string of the molecule is O=P(O)(O)OCC1C=CCCCC1. The average Bonchev–Trinajstić information content (AvgIpc) is 2.26. The van der Waals surface area contributed by atoms with Crippen LogP contribution in [0.25, 0.3) is 0 Å². The van der Waals surface area contributed by atoms with Crippen LogP contribution in [0.1, 0.15) is 25.7 Å². The molecule has 1 rings (SSSR count). The minimum absolute atomic E-state index is 0.126. The van der Waals surface area contributed by atoms with Gasteiger partial charge in [-0.25, -0.2) is 4.57 Å². The lowest BCUT2D eigenvalue weighted by molar-refractivity contribution is 0.176. The molecule has 76 valence electrons. The van der Waals surface area contributed by atoms with Gasteiger partial charge in [-0.05, 0) is 19.3 Å². The number of hydrogen-bond donors (Lipinski definition) is 2. The van der Waals surface area contributed by atoms with Crippen LogP contribution in [-0.2, 0) is 9.09 Å². The molecule has 0 aromatic heterocycles. The van der Waals surface area contributed by atoms with Crippen molar-refractivity contribution in [3.8, 4) is 0 Å². The topological polar surface area (TPSA) is 66.8 Å². The number of hydrogen-bond acceptors (Lipinski definition) is 2. The number of allylic oxidation sites excluding steroid dienone is 1. The summed E-state index contributed by atoms with van der Waals surface area (Å²) in [6, 6.07) is 0. The zero-order valence-electron chi connectivity index (χ0n) is 7.43. The molecule has 0 aromatic rings. The summed E-state index contributed by atoms with van der Waals surface area (Å²) in [5.74, 6) is 0.162. The molecule has 1 aliphatic rings. The highest BCUT2D eigenvalue weighted by Crippen LogP contribution is 2.37. The Morgan fingerprint density at radius 2 is 2.23 bits per heavy atom. The first-order chi connectivity index (χ1) is 6.08. The molecule has 1 atom stereocenters. The lowest BCUT2D eigenvalue weighted by Gasteiger charge is -2.11. The van der Waals surface area contributed by atoms with Crippen molar-refractivity contribution in [1.82, 2.24) is 0 Å². The van der Waals surface area contributed by atoms with Gasteiger partial charge in [0.25, 0.3) is 0 Å². The lowest BCUT2D eigenvalue weighted by atomic mass is 10.1. The van der Waals surface area contributed by atoms with Crippen LogP contribution >= 0.6 is 7.82 Å². The predicted octanol–water partition coefficient (Wildman–Crippen LogP) is 1.84. The number of phosphoric ester groups is 1. The third-order valence-corrected chi connectivity index (χ3v) is 2.55. The smallest absolute Gasteiger partial charge is 0.303 e. The Labute approximate surface area is 77.9 Å². The molecule has 0 radical (unpaired) electrons. The summed E-state index contributed by atoms with van der Waals surface area (Å²) < 4.78 is 14.8. The Morgan fingerprint density at radius 1 is 1.46 bits per heavy atom. The van der Waals surface area contributed by atoms with E-state index >= 15 is 0 Å². The van der Waals surface area contributed by atoms with E-state index in [4.69, 9.17) is 9.79 Å². The molecule has 2 N–H and O–H groups in total. The average molecular weight is 206 g/mol. The first-order valence-electron chi connectivity index (χ1n) is 4.45. The summed E-state index contributed by atoms with van der Waals surface area (Å²) in [5, 5.41) is 0. The molecule has 0 fully saturated rings.